The molecule has 2 N–H and O–H groups in total. The van der Waals surface area contributed by atoms with Gasteiger partial charge in [-0.25, -0.2) is 0 Å². The zero-order chi connectivity index (χ0) is 15.9. The van der Waals surface area contributed by atoms with E-state index in [0.717, 1.165) is 26.1 Å². The number of aliphatic hydroxyl groups excluding tert-OH is 1. The summed E-state index contributed by atoms with van der Waals surface area (Å²) in [6.45, 7) is 4.00. The minimum Gasteiger partial charge on any atom is -0.396 e. The summed E-state index contributed by atoms with van der Waals surface area (Å²) < 4.78 is 5.10. The van der Waals surface area contributed by atoms with Gasteiger partial charge in [0.1, 0.15) is 5.69 Å². The van der Waals surface area contributed by atoms with E-state index in [1.54, 1.807) is 19.4 Å². The summed E-state index contributed by atoms with van der Waals surface area (Å²) in [5, 5.41) is 9.54. The number of H-pyrrole nitrogens is 1. The van der Waals surface area contributed by atoms with Crippen molar-refractivity contribution in [2.45, 2.75) is 6.42 Å². The van der Waals surface area contributed by atoms with Gasteiger partial charge in [-0.3, -0.25) is 4.79 Å². The van der Waals surface area contributed by atoms with Crippen molar-refractivity contribution in [2.24, 2.45) is 11.8 Å². The molecular formula is C16H27N3O3. The molecule has 0 aliphatic carbocycles. The Morgan fingerprint density at radius 2 is 2.27 bits per heavy atom. The Kier molecular flexibility index (Phi) is 6.42. The number of carbonyl (C=O) groups excluding carboxylic acids is 1. The van der Waals surface area contributed by atoms with Crippen molar-refractivity contribution in [3.05, 3.63) is 24.0 Å². The van der Waals surface area contributed by atoms with Crippen molar-refractivity contribution in [2.75, 3.05) is 53.6 Å². The van der Waals surface area contributed by atoms with Gasteiger partial charge in [-0.2, -0.15) is 0 Å². The molecule has 1 saturated heterocycles. The molecule has 2 atom stereocenters. The van der Waals surface area contributed by atoms with Crippen molar-refractivity contribution in [3.63, 3.8) is 0 Å². The Bertz CT molecular complexity index is 449. The van der Waals surface area contributed by atoms with Gasteiger partial charge in [0.05, 0.1) is 6.61 Å². The van der Waals surface area contributed by atoms with Crippen molar-refractivity contribution >= 4 is 5.91 Å². The Balaban J connectivity index is 1.95. The molecule has 1 fully saturated rings. The maximum absolute atomic E-state index is 12.5. The van der Waals surface area contributed by atoms with E-state index >= 15 is 0 Å². The third kappa shape index (κ3) is 4.56. The lowest BCUT2D eigenvalue weighted by molar-refractivity contribution is 0.0446. The minimum atomic E-state index is 0.0210. The lowest BCUT2D eigenvalue weighted by Crippen LogP contribution is -2.47. The van der Waals surface area contributed by atoms with E-state index in [1.807, 2.05) is 11.0 Å². The first kappa shape index (κ1) is 17.0. The topological polar surface area (TPSA) is 68.8 Å². The highest BCUT2D eigenvalue weighted by Gasteiger charge is 2.30. The standard InChI is InChI=1S/C16H27N3O3/c1-18(6-7-22-2)9-13-8-14(12-20)11-19(10-13)16(21)15-4-3-5-17-15/h3-5,13-14,17,20H,6-12H2,1-2H3/t13-,14+/m1/s1. The number of piperidine rings is 1. The molecule has 1 aliphatic rings. The molecule has 2 rings (SSSR count). The van der Waals surface area contributed by atoms with Crippen LogP contribution in [0.25, 0.3) is 0 Å². The number of likely N-dealkylation sites (tertiary alicyclic amines) is 1. The van der Waals surface area contributed by atoms with Crippen LogP contribution in [0.5, 0.6) is 0 Å². The Labute approximate surface area is 132 Å². The third-order valence-electron chi connectivity index (χ3n) is 4.24. The van der Waals surface area contributed by atoms with Crippen LogP contribution < -0.4 is 0 Å². The Morgan fingerprint density at radius 3 is 2.91 bits per heavy atom. The van der Waals surface area contributed by atoms with E-state index in [4.69, 9.17) is 4.74 Å². The first-order valence-corrected chi connectivity index (χ1v) is 7.85. The molecular weight excluding hydrogens is 282 g/mol. The third-order valence-corrected chi connectivity index (χ3v) is 4.24. The SMILES string of the molecule is COCCN(C)C[C@H]1C[C@H](CO)CN(C(=O)c2ccc[nH]2)C1. The molecule has 0 aromatic carbocycles. The van der Waals surface area contributed by atoms with Crippen LogP contribution in [-0.4, -0.2) is 79.3 Å². The number of hydrogen-bond donors (Lipinski definition) is 2. The molecule has 1 aliphatic heterocycles. The summed E-state index contributed by atoms with van der Waals surface area (Å²) in [7, 11) is 3.77. The summed E-state index contributed by atoms with van der Waals surface area (Å²) >= 11 is 0. The second kappa shape index (κ2) is 8.31. The lowest BCUT2D eigenvalue weighted by atomic mass is 9.89. The Hall–Kier alpha value is -1.37. The molecule has 0 unspecified atom stereocenters. The van der Waals surface area contributed by atoms with Gasteiger partial charge in [0.2, 0.25) is 0 Å². The summed E-state index contributed by atoms with van der Waals surface area (Å²) in [6, 6.07) is 3.63. The molecule has 1 amide bonds. The first-order chi connectivity index (χ1) is 10.6. The van der Waals surface area contributed by atoms with Crippen LogP contribution in [0.1, 0.15) is 16.9 Å². The molecule has 1 aromatic heterocycles. The van der Waals surface area contributed by atoms with Crippen LogP contribution in [0.3, 0.4) is 0 Å². The van der Waals surface area contributed by atoms with Crippen LogP contribution in [-0.2, 0) is 4.74 Å². The monoisotopic (exact) mass is 309 g/mol. The fourth-order valence-electron chi connectivity index (χ4n) is 3.16. The number of nitrogens with zero attached hydrogens (tertiary/aromatic N) is 2. The average Bonchev–Trinajstić information content (AvgIpc) is 3.06. The van der Waals surface area contributed by atoms with Crippen LogP contribution in [0, 0.1) is 11.8 Å². The second-order valence-corrected chi connectivity index (χ2v) is 6.20. The van der Waals surface area contributed by atoms with Crippen molar-refractivity contribution < 1.29 is 14.6 Å². The Morgan fingerprint density at radius 1 is 1.50 bits per heavy atom. The highest BCUT2D eigenvalue weighted by molar-refractivity contribution is 5.92. The van der Waals surface area contributed by atoms with E-state index < -0.39 is 0 Å². The van der Waals surface area contributed by atoms with Crippen LogP contribution in [0.4, 0.5) is 0 Å². The van der Waals surface area contributed by atoms with Crippen molar-refractivity contribution in [1.29, 1.82) is 0 Å². The van der Waals surface area contributed by atoms with Crippen LogP contribution >= 0.6 is 0 Å². The molecule has 6 nitrogen and oxygen atoms in total. The van der Waals surface area contributed by atoms with E-state index in [9.17, 15) is 9.90 Å². The van der Waals surface area contributed by atoms with Crippen molar-refractivity contribution in [1.82, 2.24) is 14.8 Å². The number of aromatic amines is 1. The molecule has 1 aromatic rings. The maximum Gasteiger partial charge on any atom is 0.270 e. The molecule has 124 valence electrons. The average molecular weight is 309 g/mol. The molecule has 0 saturated carbocycles. The molecule has 0 spiro atoms. The smallest absolute Gasteiger partial charge is 0.270 e. The van der Waals surface area contributed by atoms with Crippen LogP contribution in [0.15, 0.2) is 18.3 Å². The number of carbonyl (C=O) groups is 1. The van der Waals surface area contributed by atoms with E-state index in [2.05, 4.69) is 16.9 Å². The molecule has 22 heavy (non-hydrogen) atoms. The number of aromatic nitrogens is 1. The normalized spacial score (nSPS) is 22.3. The summed E-state index contributed by atoms with van der Waals surface area (Å²) in [4.78, 5) is 19.6. The van der Waals surface area contributed by atoms with Gasteiger partial charge in [0.15, 0.2) is 0 Å². The number of rotatable bonds is 7. The predicted octanol–water partition coefficient (Wildman–Crippen LogP) is 0.663. The van der Waals surface area contributed by atoms with Gasteiger partial charge in [0, 0.05) is 46.1 Å². The minimum absolute atomic E-state index is 0.0210. The largest absolute Gasteiger partial charge is 0.396 e. The summed E-state index contributed by atoms with van der Waals surface area (Å²) in [5.74, 6) is 0.563. The van der Waals surface area contributed by atoms with E-state index in [-0.39, 0.29) is 18.4 Å². The number of nitrogens with one attached hydrogen (secondary N) is 1. The highest BCUT2D eigenvalue weighted by atomic mass is 16.5. The maximum atomic E-state index is 12.5. The predicted molar refractivity (Wildman–Crippen MR) is 84.8 cm³/mol. The zero-order valence-electron chi connectivity index (χ0n) is 13.5. The second-order valence-electron chi connectivity index (χ2n) is 6.20. The fraction of sp³-hybridized carbons (Fsp3) is 0.688. The molecule has 2 heterocycles. The number of aliphatic hydroxyl groups is 1. The number of hydrogen-bond acceptors (Lipinski definition) is 4. The van der Waals surface area contributed by atoms with Gasteiger partial charge >= 0.3 is 0 Å². The van der Waals surface area contributed by atoms with Crippen LogP contribution in [0.2, 0.25) is 0 Å². The number of amides is 1. The first-order valence-electron chi connectivity index (χ1n) is 7.85. The van der Waals surface area contributed by atoms with E-state index in [0.29, 0.717) is 24.8 Å². The van der Waals surface area contributed by atoms with Gasteiger partial charge in [-0.05, 0) is 37.4 Å². The molecule has 0 bridgehead atoms. The fourth-order valence-corrected chi connectivity index (χ4v) is 3.16. The van der Waals surface area contributed by atoms with E-state index in [1.165, 1.54) is 0 Å². The van der Waals surface area contributed by atoms with Gasteiger partial charge in [-0.1, -0.05) is 0 Å². The molecule has 6 heteroatoms. The summed E-state index contributed by atoms with van der Waals surface area (Å²) in [6.07, 6.45) is 2.72. The lowest BCUT2D eigenvalue weighted by Gasteiger charge is -2.38. The highest BCUT2D eigenvalue weighted by Crippen LogP contribution is 2.23. The molecule has 0 radical (unpaired) electrons. The van der Waals surface area contributed by atoms with Crippen molar-refractivity contribution in [3.8, 4) is 0 Å². The van der Waals surface area contributed by atoms with Gasteiger partial charge in [0.25, 0.3) is 5.91 Å². The quantitative estimate of drug-likeness (QED) is 0.776. The van der Waals surface area contributed by atoms with Gasteiger partial charge < -0.3 is 24.6 Å². The number of methoxy groups -OCH3 is 1. The number of ether oxygens (including phenoxy) is 1. The zero-order valence-corrected chi connectivity index (χ0v) is 13.5. The summed E-state index contributed by atoms with van der Waals surface area (Å²) in [5.41, 5.74) is 0.616. The number of likely N-dealkylation sites (N-methyl/N-ethyl adjacent to an activating group) is 1. The van der Waals surface area contributed by atoms with Gasteiger partial charge in [-0.15, -0.1) is 0 Å².